The maximum atomic E-state index is 5.85. The molecule has 1 N–H and O–H groups in total. The van der Waals surface area contributed by atoms with E-state index in [0.29, 0.717) is 12.0 Å². The lowest BCUT2D eigenvalue weighted by molar-refractivity contribution is -0.0462. The van der Waals surface area contributed by atoms with Gasteiger partial charge in [-0.05, 0) is 6.42 Å². The minimum absolute atomic E-state index is 0.250. The molecule has 0 amide bonds. The fourth-order valence-corrected chi connectivity index (χ4v) is 2.27. The predicted octanol–water partition coefficient (Wildman–Crippen LogP) is 1.12. The third kappa shape index (κ3) is 2.68. The second-order valence-electron chi connectivity index (χ2n) is 4.06. The van der Waals surface area contributed by atoms with Crippen molar-refractivity contribution in [3.8, 4) is 0 Å². The lowest BCUT2D eigenvalue weighted by Crippen LogP contribution is -2.53. The number of nitrogens with one attached hydrogen (secondary N) is 1. The standard InChI is InChI=1S/C12H19NO2/c1-14-9-11-12(15-8-7-13-11)10-5-3-2-4-6-10/h2-5,10-13H,6-9H2,1H3/t10?,11-,12-/m1/s1. The Morgan fingerprint density at radius 3 is 3.13 bits per heavy atom. The van der Waals surface area contributed by atoms with Gasteiger partial charge in [0.25, 0.3) is 0 Å². The van der Waals surface area contributed by atoms with Gasteiger partial charge in [-0.1, -0.05) is 24.3 Å². The molecule has 0 aromatic rings. The van der Waals surface area contributed by atoms with Crippen LogP contribution in [0.4, 0.5) is 0 Å². The van der Waals surface area contributed by atoms with E-state index in [2.05, 4.69) is 29.6 Å². The SMILES string of the molecule is COC[C@H]1NCCO[C@@H]1C1C=CC=CC1. The highest BCUT2D eigenvalue weighted by Crippen LogP contribution is 2.22. The summed E-state index contributed by atoms with van der Waals surface area (Å²) in [6.07, 6.45) is 9.96. The van der Waals surface area contributed by atoms with Crippen LogP contribution in [0.25, 0.3) is 0 Å². The molecule has 84 valence electrons. The normalized spacial score (nSPS) is 35.7. The molecule has 1 aliphatic carbocycles. The second kappa shape index (κ2) is 5.45. The Kier molecular flexibility index (Phi) is 3.94. The monoisotopic (exact) mass is 209 g/mol. The number of morpholine rings is 1. The van der Waals surface area contributed by atoms with E-state index < -0.39 is 0 Å². The van der Waals surface area contributed by atoms with Crippen LogP contribution in [-0.2, 0) is 9.47 Å². The predicted molar refractivity (Wildman–Crippen MR) is 59.8 cm³/mol. The smallest absolute Gasteiger partial charge is 0.0816 e. The van der Waals surface area contributed by atoms with Gasteiger partial charge in [0.05, 0.1) is 25.4 Å². The van der Waals surface area contributed by atoms with E-state index in [1.807, 2.05) is 0 Å². The van der Waals surface area contributed by atoms with Crippen molar-refractivity contribution in [3.05, 3.63) is 24.3 Å². The summed E-state index contributed by atoms with van der Waals surface area (Å²) >= 11 is 0. The first-order valence-corrected chi connectivity index (χ1v) is 5.59. The molecule has 0 aromatic heterocycles. The third-order valence-corrected chi connectivity index (χ3v) is 3.00. The van der Waals surface area contributed by atoms with Crippen LogP contribution < -0.4 is 5.32 Å². The Morgan fingerprint density at radius 2 is 2.40 bits per heavy atom. The van der Waals surface area contributed by atoms with Crippen molar-refractivity contribution in [1.29, 1.82) is 0 Å². The molecule has 0 bridgehead atoms. The summed E-state index contributed by atoms with van der Waals surface area (Å²) in [6.45, 7) is 2.45. The lowest BCUT2D eigenvalue weighted by atomic mass is 9.89. The van der Waals surface area contributed by atoms with Gasteiger partial charge < -0.3 is 14.8 Å². The molecular formula is C12H19NO2. The van der Waals surface area contributed by atoms with Gasteiger partial charge in [-0.15, -0.1) is 0 Å². The highest BCUT2D eigenvalue weighted by atomic mass is 16.5. The lowest BCUT2D eigenvalue weighted by Gasteiger charge is -2.36. The van der Waals surface area contributed by atoms with Crippen LogP contribution in [0, 0.1) is 5.92 Å². The van der Waals surface area contributed by atoms with E-state index >= 15 is 0 Å². The Bertz CT molecular complexity index is 248. The van der Waals surface area contributed by atoms with E-state index in [0.717, 1.165) is 26.2 Å². The van der Waals surface area contributed by atoms with Crippen LogP contribution in [0.15, 0.2) is 24.3 Å². The van der Waals surface area contributed by atoms with Crippen molar-refractivity contribution in [3.63, 3.8) is 0 Å². The molecule has 0 radical (unpaired) electrons. The van der Waals surface area contributed by atoms with Crippen LogP contribution >= 0.6 is 0 Å². The maximum Gasteiger partial charge on any atom is 0.0816 e. The van der Waals surface area contributed by atoms with Crippen molar-refractivity contribution in [2.75, 3.05) is 26.9 Å². The van der Waals surface area contributed by atoms with Gasteiger partial charge in [-0.25, -0.2) is 0 Å². The van der Waals surface area contributed by atoms with Gasteiger partial charge >= 0.3 is 0 Å². The molecule has 0 saturated carbocycles. The van der Waals surface area contributed by atoms with E-state index in [1.54, 1.807) is 7.11 Å². The summed E-state index contributed by atoms with van der Waals surface area (Å²) in [5.41, 5.74) is 0. The van der Waals surface area contributed by atoms with Gasteiger partial charge in [0.2, 0.25) is 0 Å². The van der Waals surface area contributed by atoms with Crippen molar-refractivity contribution in [2.45, 2.75) is 18.6 Å². The molecule has 3 nitrogen and oxygen atoms in total. The minimum Gasteiger partial charge on any atom is -0.383 e. The average Bonchev–Trinajstić information content (AvgIpc) is 2.31. The fourth-order valence-electron chi connectivity index (χ4n) is 2.27. The van der Waals surface area contributed by atoms with Crippen LogP contribution in [0.3, 0.4) is 0 Å². The Balaban J connectivity index is 1.97. The number of ether oxygens (including phenoxy) is 2. The van der Waals surface area contributed by atoms with Gasteiger partial charge in [-0.3, -0.25) is 0 Å². The number of allylic oxidation sites excluding steroid dienone is 3. The zero-order chi connectivity index (χ0) is 10.5. The van der Waals surface area contributed by atoms with Crippen molar-refractivity contribution in [1.82, 2.24) is 5.32 Å². The summed E-state index contributed by atoms with van der Waals surface area (Å²) in [4.78, 5) is 0. The van der Waals surface area contributed by atoms with Gasteiger partial charge in [0, 0.05) is 19.6 Å². The Morgan fingerprint density at radius 1 is 1.47 bits per heavy atom. The number of rotatable bonds is 3. The van der Waals surface area contributed by atoms with Crippen molar-refractivity contribution < 1.29 is 9.47 Å². The molecule has 3 atom stereocenters. The summed E-state index contributed by atoms with van der Waals surface area (Å²) in [6, 6.07) is 0.324. The molecule has 2 aliphatic rings. The molecular weight excluding hydrogens is 190 g/mol. The van der Waals surface area contributed by atoms with Crippen LogP contribution in [0.2, 0.25) is 0 Å². The molecule has 1 saturated heterocycles. The summed E-state index contributed by atoms with van der Waals surface area (Å²) < 4.78 is 11.1. The van der Waals surface area contributed by atoms with Crippen LogP contribution in [0.5, 0.6) is 0 Å². The molecule has 1 aliphatic heterocycles. The molecule has 0 spiro atoms. The van der Waals surface area contributed by atoms with Crippen LogP contribution in [0.1, 0.15) is 6.42 Å². The summed E-state index contributed by atoms with van der Waals surface area (Å²) in [7, 11) is 1.74. The first kappa shape index (κ1) is 10.9. The topological polar surface area (TPSA) is 30.5 Å². The van der Waals surface area contributed by atoms with Gasteiger partial charge in [0.15, 0.2) is 0 Å². The summed E-state index contributed by atoms with van der Waals surface area (Å²) in [5, 5.41) is 3.46. The largest absolute Gasteiger partial charge is 0.383 e. The maximum absolute atomic E-state index is 5.85. The molecule has 1 fully saturated rings. The quantitative estimate of drug-likeness (QED) is 0.755. The van der Waals surface area contributed by atoms with E-state index in [1.165, 1.54) is 0 Å². The summed E-state index contributed by atoms with van der Waals surface area (Å²) in [5.74, 6) is 0.489. The highest BCUT2D eigenvalue weighted by Gasteiger charge is 2.31. The van der Waals surface area contributed by atoms with Crippen molar-refractivity contribution >= 4 is 0 Å². The minimum atomic E-state index is 0.250. The first-order valence-electron chi connectivity index (χ1n) is 5.59. The average molecular weight is 209 g/mol. The first-order chi connectivity index (χ1) is 7.42. The van der Waals surface area contributed by atoms with Gasteiger partial charge in [-0.2, -0.15) is 0 Å². The van der Waals surface area contributed by atoms with Crippen LogP contribution in [-0.4, -0.2) is 39.0 Å². The molecule has 3 heteroatoms. The Labute approximate surface area is 91.1 Å². The fraction of sp³-hybridized carbons (Fsp3) is 0.667. The van der Waals surface area contributed by atoms with E-state index in [9.17, 15) is 0 Å². The van der Waals surface area contributed by atoms with E-state index in [4.69, 9.17) is 9.47 Å². The number of hydrogen-bond acceptors (Lipinski definition) is 3. The molecule has 15 heavy (non-hydrogen) atoms. The number of hydrogen-bond donors (Lipinski definition) is 1. The Hall–Kier alpha value is -0.640. The molecule has 1 unspecified atom stereocenters. The van der Waals surface area contributed by atoms with E-state index in [-0.39, 0.29) is 6.10 Å². The molecule has 0 aromatic carbocycles. The van der Waals surface area contributed by atoms with Gasteiger partial charge in [0.1, 0.15) is 0 Å². The third-order valence-electron chi connectivity index (χ3n) is 3.00. The second-order valence-corrected chi connectivity index (χ2v) is 4.06. The number of methoxy groups -OCH3 is 1. The highest BCUT2D eigenvalue weighted by molar-refractivity contribution is 5.13. The molecule has 2 rings (SSSR count). The zero-order valence-corrected chi connectivity index (χ0v) is 9.19. The molecule has 1 heterocycles. The zero-order valence-electron chi connectivity index (χ0n) is 9.19. The van der Waals surface area contributed by atoms with Crippen molar-refractivity contribution in [2.24, 2.45) is 5.92 Å².